The molecule has 1 nitrogen and oxygen atoms in total. The van der Waals surface area contributed by atoms with E-state index in [4.69, 9.17) is 0 Å². The first-order chi connectivity index (χ1) is 9.98. The molecule has 0 bridgehead atoms. The number of rotatable bonds is 6. The van der Waals surface area contributed by atoms with Gasteiger partial charge in [-0.15, -0.1) is 0 Å². The average molecular weight is 281 g/mol. The number of hydrogen-bond donors (Lipinski definition) is 1. The van der Waals surface area contributed by atoms with Crippen molar-refractivity contribution in [2.75, 3.05) is 0 Å². The lowest BCUT2D eigenvalue weighted by atomic mass is 9.94. The first-order valence-electron chi connectivity index (χ1n) is 7.82. The van der Waals surface area contributed by atoms with Crippen molar-refractivity contribution in [3.8, 4) is 0 Å². The molecule has 0 radical (unpaired) electrons. The highest BCUT2D eigenvalue weighted by Crippen LogP contribution is 2.17. The van der Waals surface area contributed by atoms with Crippen molar-refractivity contribution in [1.29, 1.82) is 0 Å². The van der Waals surface area contributed by atoms with Crippen LogP contribution in [0, 0.1) is 13.8 Å². The summed E-state index contributed by atoms with van der Waals surface area (Å²) < 4.78 is 0. The van der Waals surface area contributed by atoms with Crippen molar-refractivity contribution < 1.29 is 0 Å². The maximum Gasteiger partial charge on any atom is 0.0213 e. The molecule has 0 amide bonds. The van der Waals surface area contributed by atoms with Crippen molar-refractivity contribution in [3.63, 3.8) is 0 Å². The minimum Gasteiger partial charge on any atom is -0.308 e. The lowest BCUT2D eigenvalue weighted by Gasteiger charge is -2.27. The molecule has 2 rings (SSSR count). The first-order valence-corrected chi connectivity index (χ1v) is 7.82. The predicted molar refractivity (Wildman–Crippen MR) is 91.6 cm³/mol. The Hall–Kier alpha value is -1.60. The fraction of sp³-hybridized carbons (Fsp3) is 0.400. The van der Waals surface area contributed by atoms with Crippen molar-refractivity contribution >= 4 is 0 Å². The zero-order valence-corrected chi connectivity index (χ0v) is 13.7. The lowest BCUT2D eigenvalue weighted by Crippen LogP contribution is -2.39. The van der Waals surface area contributed by atoms with Crippen molar-refractivity contribution in [2.24, 2.45) is 0 Å². The molecular weight excluding hydrogens is 254 g/mol. The molecule has 2 aromatic carbocycles. The Balaban J connectivity index is 1.90. The molecule has 0 saturated heterocycles. The van der Waals surface area contributed by atoms with Crippen LogP contribution in [0.15, 0.2) is 48.5 Å². The van der Waals surface area contributed by atoms with Crippen molar-refractivity contribution in [1.82, 2.24) is 5.32 Å². The van der Waals surface area contributed by atoms with Crippen molar-refractivity contribution in [2.45, 2.75) is 52.6 Å². The summed E-state index contributed by atoms with van der Waals surface area (Å²) in [5.41, 5.74) is 5.74. The number of nitrogens with one attached hydrogen (secondary N) is 1. The van der Waals surface area contributed by atoms with Crippen LogP contribution in [0.1, 0.15) is 42.5 Å². The summed E-state index contributed by atoms with van der Waals surface area (Å²) in [6.07, 6.45) is 2.26. The second-order valence-corrected chi connectivity index (χ2v) is 6.58. The van der Waals surface area contributed by atoms with E-state index in [1.807, 2.05) is 0 Å². The van der Waals surface area contributed by atoms with E-state index in [1.165, 1.54) is 22.3 Å². The zero-order valence-electron chi connectivity index (χ0n) is 13.7. The summed E-state index contributed by atoms with van der Waals surface area (Å²) in [5, 5.41) is 3.71. The maximum absolute atomic E-state index is 3.71. The molecule has 0 spiro atoms. The summed E-state index contributed by atoms with van der Waals surface area (Å²) in [7, 11) is 0. The third-order valence-corrected chi connectivity index (χ3v) is 4.36. The summed E-state index contributed by atoms with van der Waals surface area (Å²) in [6, 6.07) is 17.3. The molecule has 21 heavy (non-hydrogen) atoms. The van der Waals surface area contributed by atoms with E-state index < -0.39 is 0 Å². The zero-order chi connectivity index (χ0) is 15.3. The third-order valence-electron chi connectivity index (χ3n) is 4.36. The van der Waals surface area contributed by atoms with Crippen LogP contribution in [0.5, 0.6) is 0 Å². The summed E-state index contributed by atoms with van der Waals surface area (Å²) in [6.45, 7) is 9.92. The molecule has 0 unspecified atom stereocenters. The predicted octanol–water partition coefficient (Wildman–Crippen LogP) is 4.80. The topological polar surface area (TPSA) is 12.0 Å². The van der Waals surface area contributed by atoms with Crippen LogP contribution in [0.2, 0.25) is 0 Å². The van der Waals surface area contributed by atoms with Gasteiger partial charge in [0, 0.05) is 12.1 Å². The van der Waals surface area contributed by atoms with Gasteiger partial charge in [0.25, 0.3) is 0 Å². The van der Waals surface area contributed by atoms with E-state index in [1.54, 1.807) is 0 Å². The maximum atomic E-state index is 3.71. The molecule has 0 aromatic heterocycles. The molecule has 2 aromatic rings. The molecule has 0 saturated carbocycles. The third kappa shape index (κ3) is 4.71. The van der Waals surface area contributed by atoms with Gasteiger partial charge in [-0.3, -0.25) is 0 Å². The molecule has 0 atom stereocenters. The molecule has 0 aliphatic heterocycles. The van der Waals surface area contributed by atoms with Gasteiger partial charge in [-0.1, -0.05) is 48.5 Å². The van der Waals surface area contributed by atoms with E-state index >= 15 is 0 Å². The SMILES string of the molecule is Cc1cccc(CNC(C)(C)CCc2ccccc2)c1C. The van der Waals surface area contributed by atoms with E-state index in [0.29, 0.717) is 0 Å². The molecule has 1 N–H and O–H groups in total. The van der Waals surface area contributed by atoms with Crippen LogP contribution in [0.4, 0.5) is 0 Å². The van der Waals surface area contributed by atoms with Crippen LogP contribution in [0.25, 0.3) is 0 Å². The molecule has 0 aliphatic carbocycles. The number of hydrogen-bond acceptors (Lipinski definition) is 1. The normalized spacial score (nSPS) is 11.6. The van der Waals surface area contributed by atoms with Crippen LogP contribution >= 0.6 is 0 Å². The van der Waals surface area contributed by atoms with E-state index in [-0.39, 0.29) is 5.54 Å². The van der Waals surface area contributed by atoms with Gasteiger partial charge in [0.1, 0.15) is 0 Å². The highest BCUT2D eigenvalue weighted by molar-refractivity contribution is 5.33. The average Bonchev–Trinajstić information content (AvgIpc) is 2.48. The van der Waals surface area contributed by atoms with E-state index in [0.717, 1.165) is 19.4 Å². The highest BCUT2D eigenvalue weighted by atomic mass is 14.9. The first kappa shape index (κ1) is 15.8. The van der Waals surface area contributed by atoms with Crippen LogP contribution in [0.3, 0.4) is 0 Å². The standard InChI is InChI=1S/C20H27N/c1-16-9-8-12-19(17(16)2)15-21-20(3,4)14-13-18-10-6-5-7-11-18/h5-12,21H,13-15H2,1-4H3. The fourth-order valence-electron chi connectivity index (χ4n) is 2.53. The van der Waals surface area contributed by atoms with E-state index in [9.17, 15) is 0 Å². The Kier molecular flexibility index (Phi) is 5.19. The summed E-state index contributed by atoms with van der Waals surface area (Å²) >= 11 is 0. The Bertz CT molecular complexity index is 570. The Morgan fingerprint density at radius 1 is 0.905 bits per heavy atom. The van der Waals surface area contributed by atoms with Gasteiger partial charge in [-0.2, -0.15) is 0 Å². The van der Waals surface area contributed by atoms with Gasteiger partial charge in [0.05, 0.1) is 0 Å². The van der Waals surface area contributed by atoms with Gasteiger partial charge in [-0.25, -0.2) is 0 Å². The Labute approximate surface area is 129 Å². The van der Waals surface area contributed by atoms with Gasteiger partial charge in [-0.05, 0) is 62.8 Å². The minimum atomic E-state index is 0.145. The Morgan fingerprint density at radius 2 is 1.62 bits per heavy atom. The van der Waals surface area contributed by atoms with Crippen LogP contribution in [-0.2, 0) is 13.0 Å². The molecule has 1 heteroatoms. The van der Waals surface area contributed by atoms with Crippen LogP contribution in [-0.4, -0.2) is 5.54 Å². The van der Waals surface area contributed by atoms with Gasteiger partial charge in [0.2, 0.25) is 0 Å². The monoisotopic (exact) mass is 281 g/mol. The molecule has 0 heterocycles. The molecular formula is C20H27N. The summed E-state index contributed by atoms with van der Waals surface area (Å²) in [4.78, 5) is 0. The number of benzene rings is 2. The van der Waals surface area contributed by atoms with Crippen LogP contribution < -0.4 is 5.32 Å². The second-order valence-electron chi connectivity index (χ2n) is 6.58. The lowest BCUT2D eigenvalue weighted by molar-refractivity contribution is 0.360. The highest BCUT2D eigenvalue weighted by Gasteiger charge is 2.17. The Morgan fingerprint density at radius 3 is 2.33 bits per heavy atom. The largest absolute Gasteiger partial charge is 0.308 e. The smallest absolute Gasteiger partial charge is 0.0213 e. The fourth-order valence-corrected chi connectivity index (χ4v) is 2.53. The van der Waals surface area contributed by atoms with Crippen molar-refractivity contribution in [3.05, 3.63) is 70.8 Å². The molecule has 112 valence electrons. The molecule has 0 aliphatic rings. The quantitative estimate of drug-likeness (QED) is 0.801. The number of aryl methyl sites for hydroxylation is 2. The second kappa shape index (κ2) is 6.91. The molecule has 0 fully saturated rings. The summed E-state index contributed by atoms with van der Waals surface area (Å²) in [5.74, 6) is 0. The minimum absolute atomic E-state index is 0.145. The van der Waals surface area contributed by atoms with Gasteiger partial charge >= 0.3 is 0 Å². The van der Waals surface area contributed by atoms with E-state index in [2.05, 4.69) is 81.5 Å². The van der Waals surface area contributed by atoms with Gasteiger partial charge < -0.3 is 5.32 Å². The van der Waals surface area contributed by atoms with Gasteiger partial charge in [0.15, 0.2) is 0 Å².